The van der Waals surface area contributed by atoms with Crippen molar-refractivity contribution in [3.8, 4) is 5.75 Å². The minimum Gasteiger partial charge on any atom is -0.486 e. The normalized spacial score (nSPS) is 17.2. The summed E-state index contributed by atoms with van der Waals surface area (Å²) in [6.45, 7) is 7.73. The van der Waals surface area contributed by atoms with Crippen LogP contribution in [0.5, 0.6) is 5.75 Å². The lowest BCUT2D eigenvalue weighted by atomic mass is 10.0. The van der Waals surface area contributed by atoms with E-state index in [-0.39, 0.29) is 35.7 Å². The summed E-state index contributed by atoms with van der Waals surface area (Å²) in [5, 5.41) is 12.8. The molecule has 0 unspecified atom stereocenters. The molecule has 1 aromatic heterocycles. The molecule has 0 amide bonds. The first-order valence-electron chi connectivity index (χ1n) is 11.1. The maximum absolute atomic E-state index is 12.1. The standard InChI is InChI=1S/C23H31N5O5S/c1-16(2)21(29)11-22(26-30)27-9-10-28(17(3)14-27)23-24-12-19(13-25-23)33-15-18-5-7-20(8-6-18)34(4,31)32/h5-8,12-13,16-17,30H,9-11,14-15H2,1-4H3/b26-22-/t17-/m1/s1. The number of amidine groups is 1. The molecule has 1 aliphatic rings. The Hall–Kier alpha value is -3.21. The van der Waals surface area contributed by atoms with Gasteiger partial charge in [0.2, 0.25) is 5.95 Å². The number of nitrogens with zero attached hydrogens (tertiary/aromatic N) is 5. The highest BCUT2D eigenvalue weighted by molar-refractivity contribution is 7.90. The summed E-state index contributed by atoms with van der Waals surface area (Å²) >= 11 is 0. The fourth-order valence-corrected chi connectivity index (χ4v) is 4.22. The number of aromatic nitrogens is 2. The number of carbonyl (C=O) groups is 1. The Morgan fingerprint density at radius 1 is 1.21 bits per heavy atom. The lowest BCUT2D eigenvalue weighted by Gasteiger charge is -2.40. The van der Waals surface area contributed by atoms with Crippen molar-refractivity contribution >= 4 is 27.4 Å². The van der Waals surface area contributed by atoms with Gasteiger partial charge in [-0.25, -0.2) is 18.4 Å². The first kappa shape index (κ1) is 25.4. The van der Waals surface area contributed by atoms with Gasteiger partial charge in [0, 0.05) is 37.8 Å². The highest BCUT2D eigenvalue weighted by Gasteiger charge is 2.28. The van der Waals surface area contributed by atoms with Gasteiger partial charge in [-0.05, 0) is 24.6 Å². The van der Waals surface area contributed by atoms with Gasteiger partial charge >= 0.3 is 0 Å². The molecule has 1 aliphatic heterocycles. The van der Waals surface area contributed by atoms with E-state index in [9.17, 15) is 18.4 Å². The minimum absolute atomic E-state index is 0.0353. The van der Waals surface area contributed by atoms with E-state index >= 15 is 0 Å². The fourth-order valence-electron chi connectivity index (χ4n) is 3.59. The summed E-state index contributed by atoms with van der Waals surface area (Å²) in [5.41, 5.74) is 0.832. The van der Waals surface area contributed by atoms with E-state index < -0.39 is 9.84 Å². The molecule has 10 nitrogen and oxygen atoms in total. The van der Waals surface area contributed by atoms with Crippen LogP contribution in [0.2, 0.25) is 0 Å². The Morgan fingerprint density at radius 2 is 1.85 bits per heavy atom. The molecule has 1 fully saturated rings. The first-order valence-corrected chi connectivity index (χ1v) is 13.0. The zero-order valence-corrected chi connectivity index (χ0v) is 20.7. The van der Waals surface area contributed by atoms with Crippen molar-refractivity contribution in [3.05, 3.63) is 42.2 Å². The molecule has 1 N–H and O–H groups in total. The number of carbonyl (C=O) groups excluding carboxylic acids is 1. The largest absolute Gasteiger partial charge is 0.486 e. The van der Waals surface area contributed by atoms with Crippen LogP contribution in [0.4, 0.5) is 5.95 Å². The van der Waals surface area contributed by atoms with Gasteiger partial charge in [0.1, 0.15) is 12.4 Å². The molecule has 0 bridgehead atoms. The maximum atomic E-state index is 12.1. The summed E-state index contributed by atoms with van der Waals surface area (Å²) in [6.07, 6.45) is 4.49. The first-order chi connectivity index (χ1) is 16.1. The van der Waals surface area contributed by atoms with E-state index in [1.165, 1.54) is 6.26 Å². The Bertz CT molecular complexity index is 1120. The number of ether oxygens (including phenoxy) is 1. The van der Waals surface area contributed by atoms with Crippen molar-refractivity contribution in [2.24, 2.45) is 11.1 Å². The van der Waals surface area contributed by atoms with Crippen molar-refractivity contribution in [2.75, 3.05) is 30.8 Å². The van der Waals surface area contributed by atoms with Gasteiger partial charge in [-0.2, -0.15) is 0 Å². The summed E-state index contributed by atoms with van der Waals surface area (Å²) in [5.74, 6) is 1.38. The molecule has 2 heterocycles. The summed E-state index contributed by atoms with van der Waals surface area (Å²) < 4.78 is 28.8. The third-order valence-corrected chi connectivity index (χ3v) is 6.84. The molecular formula is C23H31N5O5S. The van der Waals surface area contributed by atoms with Crippen LogP contribution in [0.15, 0.2) is 46.7 Å². The zero-order valence-electron chi connectivity index (χ0n) is 19.9. The molecule has 1 saturated heterocycles. The summed E-state index contributed by atoms with van der Waals surface area (Å²) in [6, 6.07) is 6.58. The average Bonchev–Trinajstić information content (AvgIpc) is 2.81. The van der Waals surface area contributed by atoms with Crippen LogP contribution in [0, 0.1) is 5.92 Å². The van der Waals surface area contributed by atoms with Gasteiger partial charge in [0.05, 0.1) is 23.7 Å². The summed E-state index contributed by atoms with van der Waals surface area (Å²) in [7, 11) is -3.23. The van der Waals surface area contributed by atoms with Gasteiger partial charge in [-0.3, -0.25) is 4.79 Å². The van der Waals surface area contributed by atoms with Gasteiger partial charge in [0.15, 0.2) is 21.4 Å². The number of Topliss-reactive ketones (excluding diaryl/α,β-unsaturated/α-hetero) is 1. The van der Waals surface area contributed by atoms with Crippen LogP contribution in [-0.4, -0.2) is 72.0 Å². The number of sulfone groups is 1. The second-order valence-corrected chi connectivity index (χ2v) is 10.7. The van der Waals surface area contributed by atoms with Crippen LogP contribution in [0.3, 0.4) is 0 Å². The Labute approximate surface area is 200 Å². The van der Waals surface area contributed by atoms with E-state index in [0.29, 0.717) is 37.2 Å². The molecule has 0 radical (unpaired) electrons. The molecule has 184 valence electrons. The van der Waals surface area contributed by atoms with Gasteiger partial charge < -0.3 is 19.7 Å². The van der Waals surface area contributed by atoms with E-state index in [2.05, 4.69) is 20.0 Å². The van der Waals surface area contributed by atoms with Crippen molar-refractivity contribution in [2.45, 2.75) is 44.7 Å². The topological polar surface area (TPSA) is 125 Å². The number of hydrogen-bond acceptors (Lipinski definition) is 9. The summed E-state index contributed by atoms with van der Waals surface area (Å²) in [4.78, 5) is 25.2. The quantitative estimate of drug-likeness (QED) is 0.257. The molecule has 2 aromatic rings. The number of hydrogen-bond donors (Lipinski definition) is 1. The van der Waals surface area contributed by atoms with Gasteiger partial charge in [0.25, 0.3) is 0 Å². The van der Waals surface area contributed by atoms with Crippen molar-refractivity contribution in [1.82, 2.24) is 14.9 Å². The van der Waals surface area contributed by atoms with Crippen LogP contribution < -0.4 is 9.64 Å². The minimum atomic E-state index is -3.23. The van der Waals surface area contributed by atoms with Crippen LogP contribution in [0.1, 0.15) is 32.8 Å². The highest BCUT2D eigenvalue weighted by Crippen LogP contribution is 2.20. The van der Waals surface area contributed by atoms with Crippen molar-refractivity contribution in [1.29, 1.82) is 0 Å². The predicted molar refractivity (Wildman–Crippen MR) is 128 cm³/mol. The number of piperazine rings is 1. The van der Waals surface area contributed by atoms with Gasteiger partial charge in [-0.1, -0.05) is 31.1 Å². The SMILES string of the molecule is CC(C)C(=O)C/C(=N/O)N1CCN(c2ncc(OCc3ccc(S(C)(=O)=O)cc3)cn2)[C@H](C)C1. The van der Waals surface area contributed by atoms with Crippen molar-refractivity contribution < 1.29 is 23.2 Å². The highest BCUT2D eigenvalue weighted by atomic mass is 32.2. The molecule has 34 heavy (non-hydrogen) atoms. The van der Waals surface area contributed by atoms with Gasteiger partial charge in [-0.15, -0.1) is 0 Å². The third-order valence-electron chi connectivity index (χ3n) is 5.71. The van der Waals surface area contributed by atoms with E-state index in [1.807, 2.05) is 25.7 Å². The average molecular weight is 490 g/mol. The van der Waals surface area contributed by atoms with Crippen LogP contribution in [-0.2, 0) is 21.2 Å². The fraction of sp³-hybridized carbons (Fsp3) is 0.478. The van der Waals surface area contributed by atoms with E-state index in [4.69, 9.17) is 4.74 Å². The molecule has 0 saturated carbocycles. The molecule has 0 aliphatic carbocycles. The molecule has 0 spiro atoms. The van der Waals surface area contributed by atoms with E-state index in [0.717, 1.165) is 5.56 Å². The number of oxime groups is 1. The molecule has 1 aromatic carbocycles. The molecule has 11 heteroatoms. The second-order valence-electron chi connectivity index (χ2n) is 8.73. The Morgan fingerprint density at radius 3 is 2.38 bits per heavy atom. The lowest BCUT2D eigenvalue weighted by Crippen LogP contribution is -2.54. The number of ketones is 1. The van der Waals surface area contributed by atoms with E-state index in [1.54, 1.807) is 36.7 Å². The molecule has 1 atom stereocenters. The lowest BCUT2D eigenvalue weighted by molar-refractivity contribution is -0.120. The third kappa shape index (κ3) is 6.43. The Kier molecular flexibility index (Phi) is 8.08. The monoisotopic (exact) mass is 489 g/mol. The van der Waals surface area contributed by atoms with Crippen LogP contribution >= 0.6 is 0 Å². The Balaban J connectivity index is 1.56. The smallest absolute Gasteiger partial charge is 0.225 e. The maximum Gasteiger partial charge on any atom is 0.225 e. The second kappa shape index (κ2) is 10.8. The zero-order chi connectivity index (χ0) is 24.9. The molecule has 3 rings (SSSR count). The van der Waals surface area contributed by atoms with Crippen molar-refractivity contribution in [3.63, 3.8) is 0 Å². The van der Waals surface area contributed by atoms with Crippen LogP contribution in [0.25, 0.3) is 0 Å². The number of rotatable bonds is 8. The number of anilines is 1. The predicted octanol–water partition coefficient (Wildman–Crippen LogP) is 2.37. The molecular weight excluding hydrogens is 458 g/mol. The number of benzene rings is 1.